The number of nitrogens with one attached hydrogen (secondary N) is 1. The van der Waals surface area contributed by atoms with Gasteiger partial charge in [-0.2, -0.15) is 14.7 Å². The third-order valence-corrected chi connectivity index (χ3v) is 3.72. The van der Waals surface area contributed by atoms with Gasteiger partial charge in [-0.05, 0) is 26.0 Å². The van der Waals surface area contributed by atoms with Crippen molar-refractivity contribution in [2.24, 2.45) is 10.5 Å². The van der Waals surface area contributed by atoms with Gasteiger partial charge in [0.1, 0.15) is 5.69 Å². The van der Waals surface area contributed by atoms with Gasteiger partial charge in [-0.15, -0.1) is 0 Å². The summed E-state index contributed by atoms with van der Waals surface area (Å²) in [5, 5.41) is 7.91. The Morgan fingerprint density at radius 2 is 2.09 bits per heavy atom. The molecule has 116 valence electrons. The van der Waals surface area contributed by atoms with Crippen molar-refractivity contribution in [3.8, 4) is 5.88 Å². The van der Waals surface area contributed by atoms with Gasteiger partial charge in [0, 0.05) is 11.6 Å². The number of nitrogens with zero attached hydrogens (tertiary/aromatic N) is 3. The van der Waals surface area contributed by atoms with E-state index < -0.39 is 11.8 Å². The fourth-order valence-electron chi connectivity index (χ4n) is 2.42. The summed E-state index contributed by atoms with van der Waals surface area (Å²) in [4.78, 5) is 11.9. The summed E-state index contributed by atoms with van der Waals surface area (Å²) < 4.78 is 32.3. The molecule has 1 aliphatic rings. The van der Waals surface area contributed by atoms with Gasteiger partial charge < -0.3 is 4.74 Å². The van der Waals surface area contributed by atoms with Crippen molar-refractivity contribution in [2.75, 3.05) is 7.11 Å². The number of hydrogen-bond donors (Lipinski definition) is 1. The Bertz CT molecular complexity index is 795. The SMILES string of the molecule is COc1ccc(C2=NNC(=O)C2(C)C)c2cc(C(F)F)nn12. The molecule has 3 heterocycles. The van der Waals surface area contributed by atoms with Gasteiger partial charge >= 0.3 is 0 Å². The van der Waals surface area contributed by atoms with Crippen molar-refractivity contribution in [2.45, 2.75) is 20.3 Å². The van der Waals surface area contributed by atoms with Crippen LogP contribution in [-0.2, 0) is 4.79 Å². The standard InChI is InChI=1S/C14H14F2N4O2/c1-14(2)11(17-18-13(14)21)7-4-5-10(22-3)20-9(7)6-8(19-20)12(15)16/h4-6,12H,1-3H3,(H,18,21). The lowest BCUT2D eigenvalue weighted by Crippen LogP contribution is -2.32. The molecule has 0 atom stereocenters. The number of ether oxygens (including phenoxy) is 1. The van der Waals surface area contributed by atoms with Crippen LogP contribution < -0.4 is 10.2 Å². The van der Waals surface area contributed by atoms with Crippen LogP contribution in [0.2, 0.25) is 0 Å². The molecule has 22 heavy (non-hydrogen) atoms. The molecule has 8 heteroatoms. The van der Waals surface area contributed by atoms with Crippen molar-refractivity contribution in [3.05, 3.63) is 29.5 Å². The van der Waals surface area contributed by atoms with Crippen molar-refractivity contribution in [1.82, 2.24) is 15.0 Å². The molecule has 2 aromatic heterocycles. The molecule has 0 radical (unpaired) electrons. The molecule has 0 saturated heterocycles. The number of hydrazone groups is 1. The van der Waals surface area contributed by atoms with Crippen molar-refractivity contribution in [1.29, 1.82) is 0 Å². The molecular formula is C14H14F2N4O2. The van der Waals surface area contributed by atoms with Crippen LogP contribution in [0, 0.1) is 5.41 Å². The number of carbonyl (C=O) groups is 1. The highest BCUT2D eigenvalue weighted by atomic mass is 19.3. The Morgan fingerprint density at radius 3 is 2.64 bits per heavy atom. The highest BCUT2D eigenvalue weighted by Crippen LogP contribution is 2.32. The Labute approximate surface area is 124 Å². The van der Waals surface area contributed by atoms with Crippen LogP contribution >= 0.6 is 0 Å². The molecule has 0 spiro atoms. The average Bonchev–Trinajstić information content (AvgIpc) is 3.01. The highest BCUT2D eigenvalue weighted by Gasteiger charge is 2.40. The Kier molecular flexibility index (Phi) is 3.12. The molecule has 3 rings (SSSR count). The van der Waals surface area contributed by atoms with E-state index in [1.54, 1.807) is 26.0 Å². The summed E-state index contributed by atoms with van der Waals surface area (Å²) in [6.07, 6.45) is -2.70. The number of rotatable bonds is 3. The molecular weight excluding hydrogens is 294 g/mol. The van der Waals surface area contributed by atoms with E-state index in [4.69, 9.17) is 4.74 Å². The molecule has 2 aromatic rings. The minimum Gasteiger partial charge on any atom is -0.481 e. The van der Waals surface area contributed by atoms with Gasteiger partial charge in [0.2, 0.25) is 5.88 Å². The zero-order chi connectivity index (χ0) is 16.1. The molecule has 0 aliphatic carbocycles. The van der Waals surface area contributed by atoms with Gasteiger partial charge in [-0.3, -0.25) is 4.79 Å². The van der Waals surface area contributed by atoms with Gasteiger partial charge in [0.05, 0.1) is 23.8 Å². The van der Waals surface area contributed by atoms with E-state index in [-0.39, 0.29) is 11.6 Å². The molecule has 0 bridgehead atoms. The monoisotopic (exact) mass is 308 g/mol. The molecule has 0 saturated carbocycles. The van der Waals surface area contributed by atoms with Crippen LogP contribution in [0.5, 0.6) is 5.88 Å². The maximum atomic E-state index is 13.0. The Hall–Kier alpha value is -2.51. The van der Waals surface area contributed by atoms with Crippen LogP contribution in [0.15, 0.2) is 23.3 Å². The van der Waals surface area contributed by atoms with E-state index in [0.717, 1.165) is 0 Å². The zero-order valence-electron chi connectivity index (χ0n) is 12.2. The van der Waals surface area contributed by atoms with E-state index in [1.165, 1.54) is 17.7 Å². The minimum atomic E-state index is -2.70. The first kappa shape index (κ1) is 14.4. The largest absolute Gasteiger partial charge is 0.481 e. The van der Waals surface area contributed by atoms with Gasteiger partial charge in [-0.1, -0.05) is 0 Å². The second kappa shape index (κ2) is 4.75. The highest BCUT2D eigenvalue weighted by molar-refractivity contribution is 6.21. The first-order valence-corrected chi connectivity index (χ1v) is 6.60. The Balaban J connectivity index is 2.25. The number of carbonyl (C=O) groups excluding carboxylic acids is 1. The molecule has 1 N–H and O–H groups in total. The smallest absolute Gasteiger partial charge is 0.282 e. The number of alkyl halides is 2. The third kappa shape index (κ3) is 1.94. The van der Waals surface area contributed by atoms with E-state index in [1.807, 2.05) is 0 Å². The topological polar surface area (TPSA) is 68.0 Å². The second-order valence-electron chi connectivity index (χ2n) is 5.48. The lowest BCUT2D eigenvalue weighted by molar-refractivity contribution is -0.125. The van der Waals surface area contributed by atoms with E-state index >= 15 is 0 Å². The number of fused-ring (bicyclic) bond motifs is 1. The number of methoxy groups -OCH3 is 1. The first-order valence-electron chi connectivity index (χ1n) is 6.60. The summed E-state index contributed by atoms with van der Waals surface area (Å²) >= 11 is 0. The summed E-state index contributed by atoms with van der Waals surface area (Å²) in [6.45, 7) is 3.44. The van der Waals surface area contributed by atoms with Gasteiger partial charge in [-0.25, -0.2) is 14.2 Å². The van der Waals surface area contributed by atoms with Crippen LogP contribution in [0.3, 0.4) is 0 Å². The second-order valence-corrected chi connectivity index (χ2v) is 5.48. The number of amides is 1. The van der Waals surface area contributed by atoms with Crippen molar-refractivity contribution in [3.63, 3.8) is 0 Å². The van der Waals surface area contributed by atoms with E-state index in [2.05, 4.69) is 15.6 Å². The molecule has 0 aromatic carbocycles. The van der Waals surface area contributed by atoms with E-state index in [0.29, 0.717) is 22.7 Å². The predicted molar refractivity (Wildman–Crippen MR) is 75.2 cm³/mol. The minimum absolute atomic E-state index is 0.245. The molecule has 6 nitrogen and oxygen atoms in total. The molecule has 1 amide bonds. The van der Waals surface area contributed by atoms with Crippen molar-refractivity contribution >= 4 is 17.1 Å². The number of halogens is 2. The normalized spacial score (nSPS) is 17.0. The Morgan fingerprint density at radius 1 is 1.36 bits per heavy atom. The first-order chi connectivity index (χ1) is 10.4. The maximum Gasteiger partial charge on any atom is 0.282 e. The fraction of sp³-hybridized carbons (Fsp3) is 0.357. The number of hydrogen-bond acceptors (Lipinski definition) is 4. The lowest BCUT2D eigenvalue weighted by Gasteiger charge is -2.17. The lowest BCUT2D eigenvalue weighted by atomic mass is 9.83. The van der Waals surface area contributed by atoms with Crippen LogP contribution in [-0.4, -0.2) is 28.3 Å². The number of pyridine rings is 1. The summed E-state index contributed by atoms with van der Waals surface area (Å²) in [5.74, 6) is 0.0754. The molecule has 0 unspecified atom stereocenters. The van der Waals surface area contributed by atoms with Gasteiger partial charge in [0.15, 0.2) is 0 Å². The summed E-state index contributed by atoms with van der Waals surface area (Å²) in [5.41, 5.74) is 2.66. The van der Waals surface area contributed by atoms with E-state index in [9.17, 15) is 13.6 Å². The van der Waals surface area contributed by atoms with Crippen molar-refractivity contribution < 1.29 is 18.3 Å². The predicted octanol–water partition coefficient (Wildman–Crippen LogP) is 2.14. The van der Waals surface area contributed by atoms with Crippen LogP contribution in [0.1, 0.15) is 31.5 Å². The molecule has 0 fully saturated rings. The van der Waals surface area contributed by atoms with Crippen LogP contribution in [0.25, 0.3) is 5.52 Å². The third-order valence-electron chi connectivity index (χ3n) is 3.72. The number of aromatic nitrogens is 2. The maximum absolute atomic E-state index is 13.0. The van der Waals surface area contributed by atoms with Crippen LogP contribution in [0.4, 0.5) is 8.78 Å². The molecule has 1 aliphatic heterocycles. The quantitative estimate of drug-likeness (QED) is 0.944. The average molecular weight is 308 g/mol. The summed E-state index contributed by atoms with van der Waals surface area (Å²) in [6, 6.07) is 4.57. The van der Waals surface area contributed by atoms with Gasteiger partial charge in [0.25, 0.3) is 12.3 Å². The zero-order valence-corrected chi connectivity index (χ0v) is 12.2. The summed E-state index contributed by atoms with van der Waals surface area (Å²) in [7, 11) is 1.43. The fourth-order valence-corrected chi connectivity index (χ4v) is 2.42.